The van der Waals surface area contributed by atoms with Gasteiger partial charge in [-0.2, -0.15) is 0 Å². The summed E-state index contributed by atoms with van der Waals surface area (Å²) in [5.74, 6) is 1.77. The molecule has 0 saturated heterocycles. The van der Waals surface area contributed by atoms with Crippen LogP contribution in [-0.2, 0) is 6.42 Å². The number of allylic oxidation sites excluding steroid dienone is 4. The van der Waals surface area contributed by atoms with E-state index in [1.807, 2.05) is 25.1 Å². The van der Waals surface area contributed by atoms with Crippen molar-refractivity contribution in [2.24, 2.45) is 0 Å². The van der Waals surface area contributed by atoms with E-state index >= 15 is 0 Å². The Balaban J connectivity index is 1.77. The average Bonchev–Trinajstić information content (AvgIpc) is 3.08. The summed E-state index contributed by atoms with van der Waals surface area (Å²) in [6.45, 7) is 6.22. The summed E-state index contributed by atoms with van der Waals surface area (Å²) >= 11 is 3.47. The number of phenols is 2. The van der Waals surface area contributed by atoms with Gasteiger partial charge in [0.1, 0.15) is 11.5 Å². The number of aromatic hydroxyl groups is 2. The molecule has 33 heavy (non-hydrogen) atoms. The van der Waals surface area contributed by atoms with Gasteiger partial charge in [0.05, 0.1) is 11.0 Å². The molecule has 1 atom stereocenters. The maximum Gasteiger partial charge on any atom is 0.124 e. The van der Waals surface area contributed by atoms with Crippen molar-refractivity contribution in [1.82, 2.24) is 0 Å². The zero-order valence-corrected chi connectivity index (χ0v) is 20.8. The highest BCUT2D eigenvalue weighted by Gasteiger charge is 2.35. The van der Waals surface area contributed by atoms with Crippen molar-refractivity contribution in [3.8, 4) is 11.5 Å². The number of fused-ring (bicyclic) bond motifs is 1. The third kappa shape index (κ3) is 4.70. The molecule has 0 amide bonds. The molecule has 0 saturated carbocycles. The first-order chi connectivity index (χ1) is 15.8. The quantitative estimate of drug-likeness (QED) is 0.351. The van der Waals surface area contributed by atoms with Gasteiger partial charge in [-0.15, -0.1) is 23.5 Å². The SMILES string of the molecule is CC1=C(CSC2=CC=C(O)CC2)c2c(C)c(CCO)c(C)c(O)c2C1Sc1ccc(O)cc1. The van der Waals surface area contributed by atoms with Gasteiger partial charge < -0.3 is 20.4 Å². The minimum absolute atomic E-state index is 0.0232. The third-order valence-electron chi connectivity index (χ3n) is 6.54. The number of aliphatic hydroxyl groups is 2. The minimum atomic E-state index is -0.0232. The van der Waals surface area contributed by atoms with E-state index in [0.717, 1.165) is 44.9 Å². The normalized spacial score (nSPS) is 17.8. The molecule has 0 spiro atoms. The third-order valence-corrected chi connectivity index (χ3v) is 9.05. The fourth-order valence-electron chi connectivity index (χ4n) is 4.69. The van der Waals surface area contributed by atoms with E-state index in [1.165, 1.54) is 16.1 Å². The molecule has 2 aliphatic carbocycles. The first-order valence-electron chi connectivity index (χ1n) is 11.1. The van der Waals surface area contributed by atoms with Gasteiger partial charge >= 0.3 is 0 Å². The molecule has 2 aromatic carbocycles. The fourth-order valence-corrected chi connectivity index (χ4v) is 7.03. The molecule has 2 aromatic rings. The van der Waals surface area contributed by atoms with Crippen LogP contribution in [0.4, 0.5) is 0 Å². The Hall–Kier alpha value is -2.28. The molecule has 0 heterocycles. The molecule has 0 aliphatic heterocycles. The van der Waals surface area contributed by atoms with Crippen LogP contribution in [0, 0.1) is 13.8 Å². The molecule has 1 unspecified atom stereocenters. The lowest BCUT2D eigenvalue weighted by molar-refractivity contribution is 0.299. The van der Waals surface area contributed by atoms with Crippen molar-refractivity contribution in [3.63, 3.8) is 0 Å². The Morgan fingerprint density at radius 3 is 2.30 bits per heavy atom. The number of hydrogen-bond donors (Lipinski definition) is 4. The second-order valence-electron chi connectivity index (χ2n) is 8.57. The van der Waals surface area contributed by atoms with Crippen LogP contribution in [0.2, 0.25) is 0 Å². The summed E-state index contributed by atoms with van der Waals surface area (Å²) in [7, 11) is 0. The van der Waals surface area contributed by atoms with Gasteiger partial charge in [-0.05, 0) is 103 Å². The van der Waals surface area contributed by atoms with Gasteiger partial charge in [0.15, 0.2) is 0 Å². The van der Waals surface area contributed by atoms with Crippen molar-refractivity contribution in [2.45, 2.75) is 50.2 Å². The molecule has 2 aliphatic rings. The van der Waals surface area contributed by atoms with E-state index in [9.17, 15) is 20.4 Å². The van der Waals surface area contributed by atoms with Crippen molar-refractivity contribution in [1.29, 1.82) is 0 Å². The lowest BCUT2D eigenvalue weighted by Crippen LogP contribution is -2.05. The number of thioether (sulfide) groups is 2. The summed E-state index contributed by atoms with van der Waals surface area (Å²) in [6.07, 6.45) is 5.80. The molecular formula is C27H30O4S2. The second-order valence-corrected chi connectivity index (χ2v) is 10.9. The molecule has 0 radical (unpaired) electrons. The Kier molecular flexibility index (Phi) is 7.17. The predicted octanol–water partition coefficient (Wildman–Crippen LogP) is 6.72. The van der Waals surface area contributed by atoms with Crippen LogP contribution in [0.3, 0.4) is 0 Å². The van der Waals surface area contributed by atoms with Gasteiger partial charge in [-0.3, -0.25) is 0 Å². The standard InChI is InChI=1S/C27H30O4S2/c1-15-22(12-13-28)16(2)26(31)25-24(15)23(14-32-20-8-4-18(29)5-9-20)17(3)27(25)33-21-10-6-19(30)7-11-21/h4,6-8,10-11,27-31H,5,9,12-14H2,1-3H3. The predicted molar refractivity (Wildman–Crippen MR) is 138 cm³/mol. The Morgan fingerprint density at radius 1 is 0.939 bits per heavy atom. The van der Waals surface area contributed by atoms with E-state index in [1.54, 1.807) is 41.7 Å². The van der Waals surface area contributed by atoms with Crippen molar-refractivity contribution in [2.75, 3.05) is 12.4 Å². The number of aliphatic hydroxyl groups excluding tert-OH is 2. The lowest BCUT2D eigenvalue weighted by atomic mass is 9.89. The maximum absolute atomic E-state index is 11.3. The van der Waals surface area contributed by atoms with E-state index in [4.69, 9.17) is 0 Å². The number of phenolic OH excluding ortho intramolecular Hbond substituents is 2. The molecule has 4 nitrogen and oxygen atoms in total. The van der Waals surface area contributed by atoms with Gasteiger partial charge in [-0.1, -0.05) is 5.57 Å². The molecule has 0 bridgehead atoms. The Bertz CT molecular complexity index is 1160. The van der Waals surface area contributed by atoms with Crippen LogP contribution in [0.1, 0.15) is 52.8 Å². The van der Waals surface area contributed by atoms with Gasteiger partial charge in [0.25, 0.3) is 0 Å². The molecule has 4 rings (SSSR count). The summed E-state index contributed by atoms with van der Waals surface area (Å²) in [5, 5.41) is 40.3. The van der Waals surface area contributed by atoms with Crippen LogP contribution in [0.5, 0.6) is 11.5 Å². The largest absolute Gasteiger partial charge is 0.512 e. The molecule has 0 fully saturated rings. The van der Waals surface area contributed by atoms with Crippen LogP contribution < -0.4 is 0 Å². The topological polar surface area (TPSA) is 80.9 Å². The van der Waals surface area contributed by atoms with Crippen LogP contribution in [-0.4, -0.2) is 32.8 Å². The summed E-state index contributed by atoms with van der Waals surface area (Å²) in [6, 6.07) is 7.19. The molecule has 174 valence electrons. The molecular weight excluding hydrogens is 452 g/mol. The molecule has 6 heteroatoms. The first-order valence-corrected chi connectivity index (χ1v) is 13.0. The summed E-state index contributed by atoms with van der Waals surface area (Å²) in [5.41, 5.74) is 7.51. The highest BCUT2D eigenvalue weighted by molar-refractivity contribution is 8.03. The smallest absolute Gasteiger partial charge is 0.124 e. The summed E-state index contributed by atoms with van der Waals surface area (Å²) < 4.78 is 0. The number of rotatable bonds is 7. The van der Waals surface area contributed by atoms with Crippen molar-refractivity contribution < 1.29 is 20.4 Å². The number of hydrogen-bond acceptors (Lipinski definition) is 6. The Morgan fingerprint density at radius 2 is 1.67 bits per heavy atom. The lowest BCUT2D eigenvalue weighted by Gasteiger charge is -2.21. The summed E-state index contributed by atoms with van der Waals surface area (Å²) in [4.78, 5) is 2.27. The highest BCUT2D eigenvalue weighted by atomic mass is 32.2. The highest BCUT2D eigenvalue weighted by Crippen LogP contribution is 2.56. The number of benzene rings is 2. The zero-order chi connectivity index (χ0) is 23.7. The maximum atomic E-state index is 11.3. The van der Waals surface area contributed by atoms with E-state index < -0.39 is 0 Å². The van der Waals surface area contributed by atoms with Crippen LogP contribution >= 0.6 is 23.5 Å². The second kappa shape index (κ2) is 9.92. The fraction of sp³-hybridized carbons (Fsp3) is 0.333. The van der Waals surface area contributed by atoms with Crippen molar-refractivity contribution >= 4 is 29.1 Å². The average molecular weight is 483 g/mol. The monoisotopic (exact) mass is 482 g/mol. The van der Waals surface area contributed by atoms with Gasteiger partial charge in [0.2, 0.25) is 0 Å². The van der Waals surface area contributed by atoms with Crippen LogP contribution in [0.25, 0.3) is 5.57 Å². The van der Waals surface area contributed by atoms with Gasteiger partial charge in [-0.25, -0.2) is 0 Å². The molecule has 4 N–H and O–H groups in total. The van der Waals surface area contributed by atoms with E-state index in [2.05, 4.69) is 13.8 Å². The Labute approximate surface area is 203 Å². The van der Waals surface area contributed by atoms with E-state index in [-0.39, 0.29) is 17.6 Å². The van der Waals surface area contributed by atoms with Crippen molar-refractivity contribution in [3.05, 3.63) is 80.5 Å². The van der Waals surface area contributed by atoms with E-state index in [0.29, 0.717) is 24.4 Å². The van der Waals surface area contributed by atoms with Gasteiger partial charge in [0, 0.05) is 29.2 Å². The minimum Gasteiger partial charge on any atom is -0.512 e. The zero-order valence-electron chi connectivity index (χ0n) is 19.2. The van der Waals surface area contributed by atoms with Crippen LogP contribution in [0.15, 0.2) is 57.6 Å². The first kappa shape index (κ1) is 23.9. The molecule has 0 aromatic heterocycles.